The molecule has 288 valence electrons. The van der Waals surface area contributed by atoms with Gasteiger partial charge in [0.25, 0.3) is 5.91 Å². The predicted molar refractivity (Wildman–Crippen MR) is 218 cm³/mol. The van der Waals surface area contributed by atoms with Gasteiger partial charge < -0.3 is 19.8 Å². The van der Waals surface area contributed by atoms with Crippen LogP contribution in [0.5, 0.6) is 5.75 Å². The molecule has 2 N–H and O–H groups in total. The maximum atomic E-state index is 13.1. The maximum Gasteiger partial charge on any atom is 0.256 e. The SMILES string of the molecule is CC/C(=C(\c1ccc(O)cc1)c1ccc(N2CCC3(CC2)CC(N2CCN(c4ccc5c(n4)CN(C4CCC(=O)NC4=O)C5=O)CC2)C3)cc1)c1ccccc1. The number of allylic oxidation sites excluding steroid dienone is 1. The number of fused-ring (bicyclic) bond motifs is 1. The van der Waals surface area contributed by atoms with Crippen LogP contribution in [-0.4, -0.2) is 89.0 Å². The fourth-order valence-corrected chi connectivity index (χ4v) is 9.91. The normalized spacial score (nSPS) is 21.8. The number of phenols is 1. The molecule has 1 saturated carbocycles. The first-order chi connectivity index (χ1) is 27.3. The molecular weight excluding hydrogens is 701 g/mol. The van der Waals surface area contributed by atoms with Gasteiger partial charge in [-0.05, 0) is 108 Å². The fraction of sp³-hybridized carbons (Fsp3) is 0.391. The van der Waals surface area contributed by atoms with Gasteiger partial charge in [-0.3, -0.25) is 24.6 Å². The monoisotopic (exact) mass is 750 g/mol. The van der Waals surface area contributed by atoms with E-state index in [-0.39, 0.29) is 24.0 Å². The van der Waals surface area contributed by atoms with Crippen LogP contribution in [0.3, 0.4) is 0 Å². The van der Waals surface area contributed by atoms with Crippen molar-refractivity contribution in [3.63, 3.8) is 0 Å². The summed E-state index contributed by atoms with van der Waals surface area (Å²) in [7, 11) is 0. The lowest BCUT2D eigenvalue weighted by molar-refractivity contribution is -0.136. The third-order valence-electron chi connectivity index (χ3n) is 13.1. The molecule has 10 heteroatoms. The number of nitrogens with zero attached hydrogens (tertiary/aromatic N) is 5. The zero-order chi connectivity index (χ0) is 38.4. The van der Waals surface area contributed by atoms with Gasteiger partial charge in [0.15, 0.2) is 0 Å². The number of hydrogen-bond acceptors (Lipinski definition) is 8. The summed E-state index contributed by atoms with van der Waals surface area (Å²) in [6, 6.07) is 31.1. The van der Waals surface area contributed by atoms with Gasteiger partial charge in [-0.1, -0.05) is 61.5 Å². The summed E-state index contributed by atoms with van der Waals surface area (Å²) in [6.45, 7) is 8.49. The largest absolute Gasteiger partial charge is 0.508 e. The molecule has 5 heterocycles. The molecule has 4 fully saturated rings. The number of aromatic hydroxyl groups is 1. The summed E-state index contributed by atoms with van der Waals surface area (Å²) in [4.78, 5) is 51.3. The number of pyridine rings is 1. The summed E-state index contributed by atoms with van der Waals surface area (Å²) in [5, 5.41) is 12.4. The highest BCUT2D eigenvalue weighted by atomic mass is 16.3. The highest BCUT2D eigenvalue weighted by molar-refractivity contribution is 6.05. The van der Waals surface area contributed by atoms with Crippen molar-refractivity contribution in [2.45, 2.75) is 70.5 Å². The quantitative estimate of drug-likeness (QED) is 0.156. The van der Waals surface area contributed by atoms with E-state index in [0.717, 1.165) is 57.1 Å². The number of aromatic nitrogens is 1. The van der Waals surface area contributed by atoms with Crippen molar-refractivity contribution in [1.29, 1.82) is 0 Å². The average Bonchev–Trinajstić information content (AvgIpc) is 3.54. The average molecular weight is 751 g/mol. The highest BCUT2D eigenvalue weighted by Crippen LogP contribution is 2.51. The van der Waals surface area contributed by atoms with E-state index in [1.54, 1.807) is 17.0 Å². The minimum absolute atomic E-state index is 0.181. The second kappa shape index (κ2) is 14.9. The van der Waals surface area contributed by atoms with Gasteiger partial charge in [0.2, 0.25) is 11.8 Å². The van der Waals surface area contributed by atoms with Crippen molar-refractivity contribution in [2.24, 2.45) is 5.41 Å². The Kier molecular flexibility index (Phi) is 9.61. The molecule has 0 radical (unpaired) electrons. The summed E-state index contributed by atoms with van der Waals surface area (Å²) >= 11 is 0. The zero-order valence-electron chi connectivity index (χ0n) is 32.1. The number of anilines is 2. The number of rotatable bonds is 8. The molecule has 9 rings (SSSR count). The molecule has 1 spiro atoms. The van der Waals surface area contributed by atoms with Crippen LogP contribution in [0.4, 0.5) is 11.5 Å². The van der Waals surface area contributed by atoms with E-state index in [1.807, 2.05) is 24.3 Å². The molecular formula is C46H50N6O4. The first kappa shape index (κ1) is 36.2. The third kappa shape index (κ3) is 6.84. The summed E-state index contributed by atoms with van der Waals surface area (Å²) in [6.07, 6.45) is 6.50. The Labute approximate surface area is 328 Å². The van der Waals surface area contributed by atoms with Crippen LogP contribution in [-0.2, 0) is 16.1 Å². The molecule has 3 amide bonds. The zero-order valence-corrected chi connectivity index (χ0v) is 32.1. The van der Waals surface area contributed by atoms with E-state index in [1.165, 1.54) is 53.6 Å². The molecule has 10 nitrogen and oxygen atoms in total. The molecule has 3 saturated heterocycles. The molecule has 0 bridgehead atoms. The Hall–Kier alpha value is -5.48. The highest BCUT2D eigenvalue weighted by Gasteiger charge is 2.48. The summed E-state index contributed by atoms with van der Waals surface area (Å²) in [5.41, 5.74) is 9.02. The minimum Gasteiger partial charge on any atom is -0.508 e. The van der Waals surface area contributed by atoms with Crippen LogP contribution in [0, 0.1) is 5.41 Å². The molecule has 56 heavy (non-hydrogen) atoms. The van der Waals surface area contributed by atoms with E-state index in [4.69, 9.17) is 4.98 Å². The van der Waals surface area contributed by atoms with Crippen molar-refractivity contribution in [3.8, 4) is 5.75 Å². The van der Waals surface area contributed by atoms with Gasteiger partial charge in [-0.15, -0.1) is 0 Å². The van der Waals surface area contributed by atoms with Crippen molar-refractivity contribution in [2.75, 3.05) is 49.1 Å². The van der Waals surface area contributed by atoms with Gasteiger partial charge in [0, 0.05) is 57.4 Å². The van der Waals surface area contributed by atoms with E-state index >= 15 is 0 Å². The second-order valence-corrected chi connectivity index (χ2v) is 16.3. The van der Waals surface area contributed by atoms with Crippen LogP contribution in [0.2, 0.25) is 0 Å². The lowest BCUT2D eigenvalue weighted by atomic mass is 9.60. The van der Waals surface area contributed by atoms with Gasteiger partial charge in [0.05, 0.1) is 17.8 Å². The van der Waals surface area contributed by atoms with E-state index in [2.05, 4.69) is 81.5 Å². The number of amides is 3. The smallest absolute Gasteiger partial charge is 0.256 e. The van der Waals surface area contributed by atoms with Crippen LogP contribution in [0.1, 0.15) is 84.6 Å². The van der Waals surface area contributed by atoms with Gasteiger partial charge in [-0.25, -0.2) is 4.98 Å². The molecule has 3 aromatic carbocycles. The number of carbonyl (C=O) groups excluding carboxylic acids is 3. The summed E-state index contributed by atoms with van der Waals surface area (Å²) < 4.78 is 0. The van der Waals surface area contributed by atoms with Crippen LogP contribution < -0.4 is 15.1 Å². The van der Waals surface area contributed by atoms with Crippen LogP contribution in [0.15, 0.2) is 91.0 Å². The van der Waals surface area contributed by atoms with E-state index < -0.39 is 11.9 Å². The van der Waals surface area contributed by atoms with Crippen molar-refractivity contribution in [3.05, 3.63) is 119 Å². The number of piperazine rings is 1. The van der Waals surface area contributed by atoms with Crippen LogP contribution >= 0.6 is 0 Å². The summed E-state index contributed by atoms with van der Waals surface area (Å²) in [5.74, 6) is 0.306. The van der Waals surface area contributed by atoms with Crippen molar-refractivity contribution in [1.82, 2.24) is 20.1 Å². The van der Waals surface area contributed by atoms with Crippen LogP contribution in [0.25, 0.3) is 11.1 Å². The lowest BCUT2D eigenvalue weighted by Gasteiger charge is -2.56. The van der Waals surface area contributed by atoms with Crippen molar-refractivity contribution >= 4 is 40.4 Å². The number of benzene rings is 3. The molecule has 5 aliphatic rings. The number of imide groups is 1. The Balaban J connectivity index is 0.786. The van der Waals surface area contributed by atoms with Gasteiger partial charge in [0.1, 0.15) is 17.6 Å². The lowest BCUT2D eigenvalue weighted by Crippen LogP contribution is -2.59. The molecule has 1 aromatic heterocycles. The third-order valence-corrected chi connectivity index (χ3v) is 13.1. The Morgan fingerprint density at radius 1 is 0.786 bits per heavy atom. The van der Waals surface area contributed by atoms with Crippen molar-refractivity contribution < 1.29 is 19.5 Å². The number of carbonyl (C=O) groups is 3. The fourth-order valence-electron chi connectivity index (χ4n) is 9.91. The predicted octanol–water partition coefficient (Wildman–Crippen LogP) is 6.49. The standard InChI is InChI=1S/C46H50N6O4/c1-2-37(31-6-4-3-5-7-31)43(33-10-14-36(53)15-11-33)32-8-12-34(13-9-32)49-22-20-46(21-23-49)28-35(29-46)50-24-26-51(27-25-50)41-18-16-38-39(47-41)30-52(45(38)56)40-17-19-42(54)48-44(40)55/h3-16,18,35,40,53H,2,17,19-30H2,1H3,(H,48,54,55)/b43-37+. The van der Waals surface area contributed by atoms with Gasteiger partial charge >= 0.3 is 0 Å². The maximum absolute atomic E-state index is 13.1. The first-order valence-corrected chi connectivity index (χ1v) is 20.3. The molecule has 4 aliphatic heterocycles. The Morgan fingerprint density at radius 2 is 1.46 bits per heavy atom. The van der Waals surface area contributed by atoms with E-state index in [9.17, 15) is 19.5 Å². The first-order valence-electron chi connectivity index (χ1n) is 20.3. The molecule has 1 aliphatic carbocycles. The van der Waals surface area contributed by atoms with Gasteiger partial charge in [-0.2, -0.15) is 0 Å². The number of phenolic OH excluding ortho intramolecular Hbond substituents is 1. The minimum atomic E-state index is -0.625. The second-order valence-electron chi connectivity index (χ2n) is 16.3. The number of nitrogens with one attached hydrogen (secondary N) is 1. The topological polar surface area (TPSA) is 109 Å². The Morgan fingerprint density at radius 3 is 2.12 bits per heavy atom. The molecule has 1 atom stereocenters. The number of piperidine rings is 2. The van der Waals surface area contributed by atoms with E-state index in [0.29, 0.717) is 35.7 Å². The number of hydrogen-bond donors (Lipinski definition) is 2. The molecule has 4 aromatic rings. The Bertz CT molecular complexity index is 2140. The molecule has 1 unspecified atom stereocenters.